The topological polar surface area (TPSA) is 57.8 Å². The normalized spacial score (nSPS) is 12.2. The molecule has 0 saturated carbocycles. The zero-order chi connectivity index (χ0) is 20.2. The number of halogens is 1. The molecule has 0 aliphatic carbocycles. The van der Waals surface area contributed by atoms with Gasteiger partial charge in [0.1, 0.15) is 11.6 Å². The third-order valence-corrected chi connectivity index (χ3v) is 5.04. The average Bonchev–Trinajstić information content (AvgIpc) is 2.74. The molecule has 0 bridgehead atoms. The number of aryl methyl sites for hydroxylation is 1. The highest BCUT2D eigenvalue weighted by Crippen LogP contribution is 2.24. The summed E-state index contributed by atoms with van der Waals surface area (Å²) in [6.07, 6.45) is 0.959. The molecule has 1 heterocycles. The Morgan fingerprint density at radius 3 is 2.55 bits per heavy atom. The summed E-state index contributed by atoms with van der Waals surface area (Å²) in [6, 6.07) is 21.9. The Bertz CT molecular complexity index is 1180. The maximum atomic E-state index is 13.9. The summed E-state index contributed by atoms with van der Waals surface area (Å²) < 4.78 is 13.9. The number of hydrogen-bond donors (Lipinski definition) is 2. The van der Waals surface area contributed by atoms with Gasteiger partial charge in [-0.15, -0.1) is 0 Å². The fourth-order valence-electron chi connectivity index (χ4n) is 3.48. The maximum absolute atomic E-state index is 13.9. The van der Waals surface area contributed by atoms with Crippen LogP contribution < -0.4 is 10.9 Å². The molecule has 146 valence electrons. The highest BCUT2D eigenvalue weighted by Gasteiger charge is 2.15. The average molecular weight is 387 g/mol. The molecule has 3 aromatic carbocycles. The second-order valence-electron chi connectivity index (χ2n) is 6.99. The molecule has 0 fully saturated rings. The molecule has 0 aliphatic rings. The Labute approximate surface area is 168 Å². The van der Waals surface area contributed by atoms with E-state index in [1.807, 2.05) is 24.3 Å². The van der Waals surface area contributed by atoms with Gasteiger partial charge in [-0.2, -0.15) is 0 Å². The molecule has 4 rings (SSSR count). The summed E-state index contributed by atoms with van der Waals surface area (Å²) in [6.45, 7) is 2.45. The minimum absolute atomic E-state index is 0.165. The van der Waals surface area contributed by atoms with E-state index in [4.69, 9.17) is 0 Å². The first-order valence-corrected chi connectivity index (χ1v) is 9.69. The van der Waals surface area contributed by atoms with Crippen LogP contribution in [0.2, 0.25) is 0 Å². The van der Waals surface area contributed by atoms with Gasteiger partial charge in [-0.3, -0.25) is 10.1 Å². The molecule has 0 aliphatic heterocycles. The van der Waals surface area contributed by atoms with Crippen LogP contribution in [0.5, 0.6) is 0 Å². The fraction of sp³-hybridized carbons (Fsp3) is 0.167. The lowest BCUT2D eigenvalue weighted by atomic mass is 9.97. The Morgan fingerprint density at radius 2 is 1.79 bits per heavy atom. The molecule has 0 amide bonds. The highest BCUT2D eigenvalue weighted by atomic mass is 19.1. The van der Waals surface area contributed by atoms with E-state index < -0.39 is 0 Å². The van der Waals surface area contributed by atoms with Crippen LogP contribution >= 0.6 is 0 Å². The number of aromatic amines is 1. The molecule has 5 heteroatoms. The van der Waals surface area contributed by atoms with Gasteiger partial charge in [-0.05, 0) is 47.4 Å². The van der Waals surface area contributed by atoms with Crippen LogP contribution in [0.4, 0.5) is 4.39 Å². The van der Waals surface area contributed by atoms with Crippen molar-refractivity contribution < 1.29 is 4.39 Å². The molecular formula is C24H22FN3O. The van der Waals surface area contributed by atoms with Crippen molar-refractivity contribution in [3.63, 3.8) is 0 Å². The van der Waals surface area contributed by atoms with Gasteiger partial charge in [0.25, 0.3) is 5.56 Å². The molecule has 0 spiro atoms. The summed E-state index contributed by atoms with van der Waals surface area (Å²) >= 11 is 0. The van der Waals surface area contributed by atoms with Crippen LogP contribution in [-0.4, -0.2) is 9.97 Å². The number of aromatic nitrogens is 2. The van der Waals surface area contributed by atoms with Crippen molar-refractivity contribution in [3.05, 3.63) is 111 Å². The SMILES string of the molecule is CCc1ccc([C@@H](NCc2nc3ccccc3c(=O)[nH]2)c2cccc(F)c2)cc1. The van der Waals surface area contributed by atoms with E-state index in [-0.39, 0.29) is 17.4 Å². The first-order valence-electron chi connectivity index (χ1n) is 9.69. The second-order valence-corrected chi connectivity index (χ2v) is 6.99. The number of nitrogens with zero attached hydrogens (tertiary/aromatic N) is 1. The third-order valence-electron chi connectivity index (χ3n) is 5.04. The van der Waals surface area contributed by atoms with Crippen molar-refractivity contribution in [1.29, 1.82) is 0 Å². The van der Waals surface area contributed by atoms with E-state index in [1.54, 1.807) is 12.1 Å². The van der Waals surface area contributed by atoms with Crippen molar-refractivity contribution in [2.45, 2.75) is 25.9 Å². The Kier molecular flexibility index (Phi) is 5.49. The van der Waals surface area contributed by atoms with Crippen molar-refractivity contribution in [1.82, 2.24) is 15.3 Å². The van der Waals surface area contributed by atoms with Crippen LogP contribution in [0.1, 0.15) is 35.5 Å². The summed E-state index contributed by atoms with van der Waals surface area (Å²) in [7, 11) is 0. The van der Waals surface area contributed by atoms with Crippen LogP contribution in [0.25, 0.3) is 10.9 Å². The zero-order valence-corrected chi connectivity index (χ0v) is 16.2. The maximum Gasteiger partial charge on any atom is 0.258 e. The van der Waals surface area contributed by atoms with Crippen LogP contribution in [0.3, 0.4) is 0 Å². The lowest BCUT2D eigenvalue weighted by Crippen LogP contribution is -2.25. The zero-order valence-electron chi connectivity index (χ0n) is 16.2. The van der Waals surface area contributed by atoms with E-state index in [0.29, 0.717) is 23.3 Å². The number of benzene rings is 3. The van der Waals surface area contributed by atoms with E-state index >= 15 is 0 Å². The highest BCUT2D eigenvalue weighted by molar-refractivity contribution is 5.77. The molecule has 0 unspecified atom stereocenters. The molecule has 1 aromatic heterocycles. The standard InChI is InChI=1S/C24H22FN3O/c1-2-16-10-12-17(13-11-16)23(18-6-5-7-19(25)14-18)26-15-22-27-21-9-4-3-8-20(21)24(29)28-22/h3-14,23,26H,2,15H2,1H3,(H,27,28,29)/t23-/m1/s1. The molecule has 1 atom stereocenters. The molecule has 0 saturated heterocycles. The lowest BCUT2D eigenvalue weighted by Gasteiger charge is -2.20. The van der Waals surface area contributed by atoms with Crippen LogP contribution in [0.15, 0.2) is 77.6 Å². The largest absolute Gasteiger partial charge is 0.309 e. The summed E-state index contributed by atoms with van der Waals surface area (Å²) in [5, 5.41) is 3.99. The van der Waals surface area contributed by atoms with Gasteiger partial charge in [0.15, 0.2) is 0 Å². The molecule has 29 heavy (non-hydrogen) atoms. The van der Waals surface area contributed by atoms with E-state index in [1.165, 1.54) is 17.7 Å². The Balaban J connectivity index is 1.65. The summed E-state index contributed by atoms with van der Waals surface area (Å²) in [4.78, 5) is 19.7. The Hall–Kier alpha value is -3.31. The van der Waals surface area contributed by atoms with E-state index in [2.05, 4.69) is 46.5 Å². The van der Waals surface area contributed by atoms with Crippen molar-refractivity contribution in [2.75, 3.05) is 0 Å². The van der Waals surface area contributed by atoms with E-state index in [0.717, 1.165) is 17.5 Å². The monoisotopic (exact) mass is 387 g/mol. The van der Waals surface area contributed by atoms with Crippen LogP contribution in [0, 0.1) is 5.82 Å². The van der Waals surface area contributed by atoms with Gasteiger partial charge in [-0.1, -0.05) is 55.5 Å². The predicted molar refractivity (Wildman–Crippen MR) is 113 cm³/mol. The van der Waals surface area contributed by atoms with Gasteiger partial charge in [-0.25, -0.2) is 9.37 Å². The number of fused-ring (bicyclic) bond motifs is 1. The number of hydrogen-bond acceptors (Lipinski definition) is 3. The molecular weight excluding hydrogens is 365 g/mol. The van der Waals surface area contributed by atoms with Gasteiger partial charge in [0.2, 0.25) is 0 Å². The second kappa shape index (κ2) is 8.37. The molecule has 4 nitrogen and oxygen atoms in total. The summed E-state index contributed by atoms with van der Waals surface area (Å²) in [5.74, 6) is 0.261. The number of nitrogens with one attached hydrogen (secondary N) is 2. The third kappa shape index (κ3) is 4.25. The fourth-order valence-corrected chi connectivity index (χ4v) is 3.48. The molecule has 0 radical (unpaired) electrons. The van der Waals surface area contributed by atoms with Gasteiger partial charge >= 0.3 is 0 Å². The van der Waals surface area contributed by atoms with Gasteiger partial charge < -0.3 is 4.98 Å². The quantitative estimate of drug-likeness (QED) is 0.512. The van der Waals surface area contributed by atoms with Crippen molar-refractivity contribution in [2.24, 2.45) is 0 Å². The van der Waals surface area contributed by atoms with E-state index in [9.17, 15) is 9.18 Å². The Morgan fingerprint density at radius 1 is 1.00 bits per heavy atom. The minimum Gasteiger partial charge on any atom is -0.309 e. The summed E-state index contributed by atoms with van der Waals surface area (Å²) in [5.41, 5.74) is 3.57. The molecule has 2 N–H and O–H groups in total. The number of rotatable bonds is 6. The van der Waals surface area contributed by atoms with Gasteiger partial charge in [0.05, 0.1) is 23.5 Å². The van der Waals surface area contributed by atoms with Crippen molar-refractivity contribution in [3.8, 4) is 0 Å². The van der Waals surface area contributed by atoms with Gasteiger partial charge in [0, 0.05) is 0 Å². The first kappa shape index (κ1) is 19.0. The lowest BCUT2D eigenvalue weighted by molar-refractivity contribution is 0.576. The first-order chi connectivity index (χ1) is 14.1. The smallest absolute Gasteiger partial charge is 0.258 e. The van der Waals surface area contributed by atoms with Crippen molar-refractivity contribution >= 4 is 10.9 Å². The predicted octanol–water partition coefficient (Wildman–Crippen LogP) is 4.50. The molecule has 4 aromatic rings. The number of para-hydroxylation sites is 1. The van der Waals surface area contributed by atoms with Crippen LogP contribution in [-0.2, 0) is 13.0 Å². The minimum atomic E-state index is -0.281. The number of H-pyrrole nitrogens is 1.